The van der Waals surface area contributed by atoms with E-state index in [1.54, 1.807) is 34.6 Å². The van der Waals surface area contributed by atoms with E-state index in [4.69, 9.17) is 4.74 Å². The van der Waals surface area contributed by atoms with Crippen LogP contribution in [0.25, 0.3) is 0 Å². The second-order valence-corrected chi connectivity index (χ2v) is 8.21. The van der Waals surface area contributed by atoms with Gasteiger partial charge in [0.25, 0.3) is 11.8 Å². The fourth-order valence-corrected chi connectivity index (χ4v) is 2.41. The number of carboxylic acid groups (broad SMARTS) is 1. The van der Waals surface area contributed by atoms with Gasteiger partial charge in [0, 0.05) is 6.07 Å². The molecule has 0 bridgehead atoms. The first-order valence-corrected chi connectivity index (χ1v) is 9.88. The molecule has 0 aliphatic carbocycles. The summed E-state index contributed by atoms with van der Waals surface area (Å²) in [5.41, 5.74) is -1.22. The lowest BCUT2D eigenvalue weighted by Crippen LogP contribution is -2.47. The molecule has 1 aromatic heterocycles. The maximum Gasteiger partial charge on any atom is 0.407 e. The molecule has 0 spiro atoms. The monoisotopic (exact) mass is 452 g/mol. The average Bonchev–Trinajstić information content (AvgIpc) is 2.66. The Morgan fingerprint density at radius 1 is 1.22 bits per heavy atom. The molecule has 1 heterocycles. The molecule has 1 aromatic rings. The summed E-state index contributed by atoms with van der Waals surface area (Å²) >= 11 is 0. The number of ether oxygens (including phenoxy) is 1. The number of rotatable bonds is 8. The van der Waals surface area contributed by atoms with Gasteiger partial charge in [-0.3, -0.25) is 9.59 Å². The van der Waals surface area contributed by atoms with Crippen LogP contribution in [0.2, 0.25) is 0 Å². The molecule has 1 atom stereocenters. The van der Waals surface area contributed by atoms with E-state index in [0.29, 0.717) is 0 Å². The SMILES string of the molecule is C/C=C(\NC(=O)c1cc(F)cc(CNC(=O)OC(C)(C)C)n1)C(=O)N[C@H](C(=O)O)C(C)C. The van der Waals surface area contributed by atoms with Crippen LogP contribution in [0.4, 0.5) is 9.18 Å². The number of carbonyl (C=O) groups is 4. The van der Waals surface area contributed by atoms with Crippen molar-refractivity contribution in [3.63, 3.8) is 0 Å². The van der Waals surface area contributed by atoms with Crippen molar-refractivity contribution >= 4 is 23.9 Å². The molecule has 0 aliphatic heterocycles. The van der Waals surface area contributed by atoms with E-state index in [0.717, 1.165) is 12.1 Å². The van der Waals surface area contributed by atoms with Gasteiger partial charge in [0.05, 0.1) is 12.2 Å². The average molecular weight is 452 g/mol. The summed E-state index contributed by atoms with van der Waals surface area (Å²) in [4.78, 5) is 51.9. The third-order valence-electron chi connectivity index (χ3n) is 3.89. The molecule has 10 nitrogen and oxygen atoms in total. The number of hydrogen-bond donors (Lipinski definition) is 4. The number of halogens is 1. The normalized spacial score (nSPS) is 12.7. The Labute approximate surface area is 185 Å². The molecule has 0 saturated carbocycles. The maximum absolute atomic E-state index is 14.0. The molecular weight excluding hydrogens is 423 g/mol. The van der Waals surface area contributed by atoms with E-state index in [-0.39, 0.29) is 23.6 Å². The number of aromatic nitrogens is 1. The van der Waals surface area contributed by atoms with Crippen molar-refractivity contribution in [1.29, 1.82) is 0 Å². The number of carbonyl (C=O) groups excluding carboxylic acids is 3. The number of amides is 3. The van der Waals surface area contributed by atoms with Crippen molar-refractivity contribution in [1.82, 2.24) is 20.9 Å². The molecule has 11 heteroatoms. The number of allylic oxidation sites excluding steroid dienone is 1. The number of alkyl carbamates (subject to hydrolysis) is 1. The fourth-order valence-electron chi connectivity index (χ4n) is 2.41. The summed E-state index contributed by atoms with van der Waals surface area (Å²) in [7, 11) is 0. The third-order valence-corrected chi connectivity index (χ3v) is 3.89. The Morgan fingerprint density at radius 2 is 1.84 bits per heavy atom. The molecule has 3 amide bonds. The van der Waals surface area contributed by atoms with Crippen LogP contribution in [0, 0.1) is 11.7 Å². The zero-order valence-electron chi connectivity index (χ0n) is 18.9. The first-order valence-electron chi connectivity index (χ1n) is 9.88. The molecular formula is C21H29FN4O6. The summed E-state index contributed by atoms with van der Waals surface area (Å²) < 4.78 is 19.1. The number of pyridine rings is 1. The quantitative estimate of drug-likeness (QED) is 0.442. The van der Waals surface area contributed by atoms with Crippen molar-refractivity contribution in [2.75, 3.05) is 0 Å². The van der Waals surface area contributed by atoms with Gasteiger partial charge in [-0.05, 0) is 39.7 Å². The van der Waals surface area contributed by atoms with Crippen molar-refractivity contribution in [3.05, 3.63) is 41.1 Å². The molecule has 0 aliphatic rings. The van der Waals surface area contributed by atoms with Crippen LogP contribution in [0.15, 0.2) is 23.9 Å². The summed E-state index contributed by atoms with van der Waals surface area (Å²) in [6.07, 6.45) is 0.539. The van der Waals surface area contributed by atoms with E-state index >= 15 is 0 Å². The molecule has 0 fully saturated rings. The second kappa shape index (κ2) is 11.2. The Balaban J connectivity index is 2.90. The summed E-state index contributed by atoms with van der Waals surface area (Å²) in [5, 5.41) is 16.2. The van der Waals surface area contributed by atoms with Crippen LogP contribution in [-0.4, -0.2) is 45.6 Å². The molecule has 0 aromatic carbocycles. The minimum Gasteiger partial charge on any atom is -0.480 e. The highest BCUT2D eigenvalue weighted by atomic mass is 19.1. The first kappa shape index (κ1) is 26.5. The molecule has 0 radical (unpaired) electrons. The minimum absolute atomic E-state index is 0.0539. The Hall–Kier alpha value is -3.50. The third kappa shape index (κ3) is 8.70. The lowest BCUT2D eigenvalue weighted by molar-refractivity contribution is -0.142. The lowest BCUT2D eigenvalue weighted by Gasteiger charge is -2.19. The van der Waals surface area contributed by atoms with E-state index in [9.17, 15) is 28.7 Å². The van der Waals surface area contributed by atoms with Crippen molar-refractivity contribution in [2.45, 2.75) is 59.7 Å². The van der Waals surface area contributed by atoms with Crippen molar-refractivity contribution in [2.24, 2.45) is 5.92 Å². The molecule has 32 heavy (non-hydrogen) atoms. The van der Waals surface area contributed by atoms with Crippen LogP contribution in [-0.2, 0) is 20.9 Å². The van der Waals surface area contributed by atoms with Crippen molar-refractivity contribution < 1.29 is 33.4 Å². The first-order chi connectivity index (χ1) is 14.7. The summed E-state index contributed by atoms with van der Waals surface area (Å²) in [6.45, 7) is 9.57. The van der Waals surface area contributed by atoms with Crippen LogP contribution in [0.3, 0.4) is 0 Å². The number of aliphatic carboxylic acids is 1. The van der Waals surface area contributed by atoms with Crippen LogP contribution in [0.5, 0.6) is 0 Å². The molecule has 4 N–H and O–H groups in total. The van der Waals surface area contributed by atoms with Crippen LogP contribution < -0.4 is 16.0 Å². The number of nitrogens with one attached hydrogen (secondary N) is 3. The summed E-state index contributed by atoms with van der Waals surface area (Å²) in [6, 6.07) is 0.746. The van der Waals surface area contributed by atoms with Gasteiger partial charge in [-0.2, -0.15) is 0 Å². The Kier molecular flexibility index (Phi) is 9.30. The highest BCUT2D eigenvalue weighted by Gasteiger charge is 2.25. The smallest absolute Gasteiger partial charge is 0.407 e. The molecule has 0 unspecified atom stereocenters. The number of hydrogen-bond acceptors (Lipinski definition) is 6. The zero-order chi connectivity index (χ0) is 24.6. The van der Waals surface area contributed by atoms with Crippen LogP contribution in [0.1, 0.15) is 57.7 Å². The van der Waals surface area contributed by atoms with Gasteiger partial charge in [-0.15, -0.1) is 0 Å². The van der Waals surface area contributed by atoms with Gasteiger partial charge >= 0.3 is 12.1 Å². The van der Waals surface area contributed by atoms with E-state index in [2.05, 4.69) is 20.9 Å². The molecule has 176 valence electrons. The minimum atomic E-state index is -1.22. The highest BCUT2D eigenvalue weighted by Crippen LogP contribution is 2.09. The molecule has 1 rings (SSSR count). The van der Waals surface area contributed by atoms with Crippen molar-refractivity contribution in [3.8, 4) is 0 Å². The van der Waals surface area contributed by atoms with Gasteiger partial charge in [-0.25, -0.2) is 19.0 Å². The predicted octanol–water partition coefficient (Wildman–Crippen LogP) is 2.10. The van der Waals surface area contributed by atoms with Crippen LogP contribution >= 0.6 is 0 Å². The van der Waals surface area contributed by atoms with Gasteiger partial charge in [0.2, 0.25) is 0 Å². The highest BCUT2D eigenvalue weighted by molar-refractivity contribution is 6.02. The van der Waals surface area contributed by atoms with Gasteiger partial charge in [0.1, 0.15) is 28.9 Å². The largest absolute Gasteiger partial charge is 0.480 e. The lowest BCUT2D eigenvalue weighted by atomic mass is 10.0. The van der Waals surface area contributed by atoms with E-state index in [1.165, 1.54) is 13.0 Å². The standard InChI is InChI=1S/C21H29FN4O6/c1-7-14(17(27)26-16(11(2)3)19(29)30)25-18(28)15-9-12(22)8-13(24-15)10-23-20(31)32-21(4,5)6/h7-9,11,16H,10H2,1-6H3,(H,23,31)(H,25,28)(H,26,27)(H,29,30)/b14-7-/t16-/m0/s1. The predicted molar refractivity (Wildman–Crippen MR) is 113 cm³/mol. The zero-order valence-corrected chi connectivity index (χ0v) is 18.9. The number of nitrogens with zero attached hydrogens (tertiary/aromatic N) is 1. The van der Waals surface area contributed by atoms with E-state index in [1.807, 2.05) is 0 Å². The van der Waals surface area contributed by atoms with Gasteiger partial charge in [0.15, 0.2) is 0 Å². The summed E-state index contributed by atoms with van der Waals surface area (Å²) in [5.74, 6) is -4.09. The molecule has 0 saturated heterocycles. The second-order valence-electron chi connectivity index (χ2n) is 8.21. The van der Waals surface area contributed by atoms with Gasteiger partial charge in [-0.1, -0.05) is 19.9 Å². The van der Waals surface area contributed by atoms with E-state index < -0.39 is 47.3 Å². The Morgan fingerprint density at radius 3 is 2.34 bits per heavy atom. The van der Waals surface area contributed by atoms with Gasteiger partial charge < -0.3 is 25.8 Å². The maximum atomic E-state index is 14.0. The topological polar surface area (TPSA) is 147 Å². The fraction of sp³-hybridized carbons (Fsp3) is 0.476. The Bertz CT molecular complexity index is 908. The number of carboxylic acids is 1.